The van der Waals surface area contributed by atoms with Crippen molar-refractivity contribution < 1.29 is 24.6 Å². The van der Waals surface area contributed by atoms with E-state index < -0.39 is 17.9 Å². The van der Waals surface area contributed by atoms with Crippen molar-refractivity contribution in [3.05, 3.63) is 56.2 Å². The molecule has 0 spiro atoms. The van der Waals surface area contributed by atoms with Gasteiger partial charge < -0.3 is 14.8 Å². The van der Waals surface area contributed by atoms with Crippen molar-refractivity contribution in [2.75, 3.05) is 0 Å². The van der Waals surface area contributed by atoms with E-state index in [1.807, 2.05) is 6.07 Å². The Bertz CT molecular complexity index is 862. The van der Waals surface area contributed by atoms with Crippen LogP contribution in [-0.2, 0) is 22.6 Å². The molecule has 0 bridgehead atoms. The Labute approximate surface area is 179 Å². The number of aromatic nitrogens is 1. The zero-order valence-corrected chi connectivity index (χ0v) is 18.5. The van der Waals surface area contributed by atoms with Crippen LogP contribution >= 0.6 is 31.9 Å². The van der Waals surface area contributed by atoms with Crippen LogP contribution in [0, 0.1) is 5.92 Å². The van der Waals surface area contributed by atoms with Gasteiger partial charge in [-0.2, -0.15) is 0 Å². The molecule has 0 saturated carbocycles. The summed E-state index contributed by atoms with van der Waals surface area (Å²) in [7, 11) is 0. The van der Waals surface area contributed by atoms with Gasteiger partial charge >= 0.3 is 11.9 Å². The summed E-state index contributed by atoms with van der Waals surface area (Å²) in [4.78, 5) is 35.7. The first-order valence-corrected chi connectivity index (χ1v) is 10.5. The number of aliphatic carboxylic acids is 2. The van der Waals surface area contributed by atoms with Gasteiger partial charge in [-0.25, -0.2) is 0 Å². The molecule has 0 radical (unpaired) electrons. The van der Waals surface area contributed by atoms with Gasteiger partial charge in [-0.15, -0.1) is 0 Å². The Kier molecular flexibility index (Phi) is 8.00. The number of hydrogen-bond donors (Lipinski definition) is 2. The summed E-state index contributed by atoms with van der Waals surface area (Å²) in [5.74, 6) is -4.50. The number of carboxylic acids is 2. The van der Waals surface area contributed by atoms with E-state index in [0.717, 1.165) is 22.9 Å². The van der Waals surface area contributed by atoms with Crippen molar-refractivity contribution in [1.29, 1.82) is 0 Å². The molecule has 0 aliphatic heterocycles. The predicted molar refractivity (Wildman–Crippen MR) is 112 cm³/mol. The van der Waals surface area contributed by atoms with E-state index in [9.17, 15) is 14.4 Å². The highest BCUT2D eigenvalue weighted by Gasteiger charge is 2.29. The Balaban J connectivity index is 2.50. The molecule has 2 aromatic rings. The second-order valence-electron chi connectivity index (χ2n) is 6.40. The van der Waals surface area contributed by atoms with Crippen LogP contribution in [0.4, 0.5) is 0 Å². The van der Waals surface area contributed by atoms with E-state index in [-0.39, 0.29) is 18.7 Å². The second kappa shape index (κ2) is 10.0. The summed E-state index contributed by atoms with van der Waals surface area (Å²) in [6, 6.07) is 8.83. The predicted octanol–water partition coefficient (Wildman–Crippen LogP) is 4.76. The van der Waals surface area contributed by atoms with E-state index in [2.05, 4.69) is 38.8 Å². The lowest BCUT2D eigenvalue weighted by molar-refractivity contribution is -0.154. The van der Waals surface area contributed by atoms with E-state index in [1.165, 1.54) is 0 Å². The number of benzene rings is 1. The summed E-state index contributed by atoms with van der Waals surface area (Å²) in [5, 5.41) is 18.3. The van der Waals surface area contributed by atoms with E-state index in [0.29, 0.717) is 22.3 Å². The van der Waals surface area contributed by atoms with Crippen LogP contribution in [-0.4, -0.2) is 32.5 Å². The Hall–Kier alpha value is -1.93. The molecule has 0 atom stereocenters. The van der Waals surface area contributed by atoms with Crippen LogP contribution in [0.25, 0.3) is 0 Å². The fourth-order valence-corrected chi connectivity index (χ4v) is 4.19. The standard InChI is InChI=1S/C20H21Br2NO5/c1-2-3-9-13-15(21)18(22)23(11-10-14(19(25)26)20(27)28)16(13)17(24)12-7-5-4-6-8-12/h4-8,14H,2-3,9-11H2,1H3,(H,25,26)(H,27,28). The molecular weight excluding hydrogens is 494 g/mol. The Morgan fingerprint density at radius 3 is 2.21 bits per heavy atom. The minimum Gasteiger partial charge on any atom is -0.481 e. The van der Waals surface area contributed by atoms with Gasteiger partial charge in [0.25, 0.3) is 0 Å². The Morgan fingerprint density at radius 1 is 1.07 bits per heavy atom. The van der Waals surface area contributed by atoms with Crippen molar-refractivity contribution >= 4 is 49.6 Å². The number of carbonyl (C=O) groups is 3. The molecule has 6 nitrogen and oxygen atoms in total. The Morgan fingerprint density at radius 2 is 1.68 bits per heavy atom. The SMILES string of the molecule is CCCCc1c(Br)c(Br)n(CCC(C(=O)O)C(=O)O)c1C(=O)c1ccccc1. The number of carboxylic acid groups (broad SMARTS) is 2. The lowest BCUT2D eigenvalue weighted by atomic mass is 10.0. The number of carbonyl (C=O) groups excluding carboxylic acids is 1. The van der Waals surface area contributed by atoms with Crippen LogP contribution in [0.1, 0.15) is 47.8 Å². The van der Waals surface area contributed by atoms with Gasteiger partial charge in [0.15, 0.2) is 5.92 Å². The maximum absolute atomic E-state index is 13.2. The molecular formula is C20H21Br2NO5. The normalized spacial score (nSPS) is 11.0. The zero-order chi connectivity index (χ0) is 20.8. The van der Waals surface area contributed by atoms with Crippen LogP contribution in [0.15, 0.2) is 39.4 Å². The maximum atomic E-state index is 13.2. The van der Waals surface area contributed by atoms with Crippen molar-refractivity contribution in [1.82, 2.24) is 4.57 Å². The average molecular weight is 515 g/mol. The molecule has 28 heavy (non-hydrogen) atoms. The van der Waals surface area contributed by atoms with Crippen molar-refractivity contribution in [2.45, 2.75) is 39.2 Å². The van der Waals surface area contributed by atoms with Crippen molar-refractivity contribution in [2.24, 2.45) is 5.92 Å². The highest BCUT2D eigenvalue weighted by Crippen LogP contribution is 2.35. The summed E-state index contributed by atoms with van der Waals surface area (Å²) in [5.41, 5.74) is 1.81. The fourth-order valence-electron chi connectivity index (χ4n) is 3.00. The van der Waals surface area contributed by atoms with E-state index in [1.54, 1.807) is 28.8 Å². The zero-order valence-electron chi connectivity index (χ0n) is 15.3. The van der Waals surface area contributed by atoms with E-state index >= 15 is 0 Å². The van der Waals surface area contributed by atoms with Crippen molar-refractivity contribution in [3.63, 3.8) is 0 Å². The molecule has 1 aromatic heterocycles. The highest BCUT2D eigenvalue weighted by molar-refractivity contribution is 9.13. The molecule has 0 saturated heterocycles. The second-order valence-corrected chi connectivity index (χ2v) is 7.94. The summed E-state index contributed by atoms with van der Waals surface area (Å²) in [6.45, 7) is 2.14. The average Bonchev–Trinajstić information content (AvgIpc) is 2.90. The number of rotatable bonds is 10. The first-order valence-electron chi connectivity index (χ1n) is 8.91. The smallest absolute Gasteiger partial charge is 0.317 e. The number of nitrogens with zero attached hydrogens (tertiary/aromatic N) is 1. The topological polar surface area (TPSA) is 96.6 Å². The highest BCUT2D eigenvalue weighted by atomic mass is 79.9. The molecule has 0 unspecified atom stereocenters. The number of halogens is 2. The summed E-state index contributed by atoms with van der Waals surface area (Å²) < 4.78 is 3.01. The summed E-state index contributed by atoms with van der Waals surface area (Å²) in [6.07, 6.45) is 2.38. The van der Waals surface area contributed by atoms with Crippen LogP contribution in [0.5, 0.6) is 0 Å². The number of hydrogen-bond acceptors (Lipinski definition) is 3. The van der Waals surface area contributed by atoms with Gasteiger partial charge in [0.05, 0.1) is 14.8 Å². The van der Waals surface area contributed by atoms with E-state index in [4.69, 9.17) is 10.2 Å². The molecule has 0 aliphatic carbocycles. The quantitative estimate of drug-likeness (QED) is 0.352. The van der Waals surface area contributed by atoms with Crippen LogP contribution in [0.3, 0.4) is 0 Å². The molecule has 1 heterocycles. The first kappa shape index (κ1) is 22.4. The largest absolute Gasteiger partial charge is 0.481 e. The third-order valence-electron chi connectivity index (χ3n) is 4.51. The fraction of sp³-hybridized carbons (Fsp3) is 0.350. The van der Waals surface area contributed by atoms with Gasteiger partial charge in [-0.05, 0) is 56.7 Å². The molecule has 150 valence electrons. The maximum Gasteiger partial charge on any atom is 0.317 e. The number of unbranched alkanes of at least 4 members (excludes halogenated alkanes) is 1. The molecule has 0 aliphatic rings. The summed E-state index contributed by atoms with van der Waals surface area (Å²) >= 11 is 7.01. The lowest BCUT2D eigenvalue weighted by Gasteiger charge is -2.14. The molecule has 8 heteroatoms. The van der Waals surface area contributed by atoms with Gasteiger partial charge in [0.2, 0.25) is 5.78 Å². The molecule has 0 amide bonds. The van der Waals surface area contributed by atoms with Crippen molar-refractivity contribution in [3.8, 4) is 0 Å². The minimum absolute atomic E-state index is 0.0858. The van der Waals surface area contributed by atoms with Crippen LogP contribution < -0.4 is 0 Å². The van der Waals surface area contributed by atoms with Gasteiger partial charge in [0.1, 0.15) is 0 Å². The number of ketones is 1. The molecule has 2 rings (SSSR count). The first-order chi connectivity index (χ1) is 13.3. The third kappa shape index (κ3) is 4.91. The van der Waals surface area contributed by atoms with Crippen LogP contribution in [0.2, 0.25) is 0 Å². The third-order valence-corrected chi connectivity index (χ3v) is 6.72. The minimum atomic E-state index is -1.54. The van der Waals surface area contributed by atoms with Gasteiger partial charge in [0, 0.05) is 12.1 Å². The lowest BCUT2D eigenvalue weighted by Crippen LogP contribution is -2.25. The molecule has 2 N–H and O–H groups in total. The molecule has 1 aromatic carbocycles. The van der Waals surface area contributed by atoms with Gasteiger partial charge in [-0.3, -0.25) is 14.4 Å². The van der Waals surface area contributed by atoms with Gasteiger partial charge in [-0.1, -0.05) is 43.7 Å². The molecule has 0 fully saturated rings. The monoisotopic (exact) mass is 513 g/mol.